The van der Waals surface area contributed by atoms with Crippen molar-refractivity contribution in [2.45, 2.75) is 0 Å². The Hall–Kier alpha value is -2.12. The largest absolute Gasteiger partial charge is 0.478 e. The molecule has 0 saturated heterocycles. The van der Waals surface area contributed by atoms with Crippen LogP contribution in [0.3, 0.4) is 0 Å². The van der Waals surface area contributed by atoms with Crippen LogP contribution in [0, 0.1) is 0 Å². The number of nitrogens with one attached hydrogen (secondary N) is 2. The van der Waals surface area contributed by atoms with Gasteiger partial charge >= 0.3 is 12.0 Å². The number of carboxylic acid groups (broad SMARTS) is 1. The number of halogens is 1. The van der Waals surface area contributed by atoms with E-state index in [-0.39, 0.29) is 10.6 Å². The summed E-state index contributed by atoms with van der Waals surface area (Å²) in [4.78, 5) is 26.4. The third kappa shape index (κ3) is 3.67. The molecule has 1 aromatic carbocycles. The van der Waals surface area contributed by atoms with Crippen molar-refractivity contribution in [1.29, 1.82) is 0 Å². The van der Waals surface area contributed by atoms with Crippen molar-refractivity contribution in [2.24, 2.45) is 0 Å². The normalized spacial score (nSPS) is 9.95. The van der Waals surface area contributed by atoms with Crippen molar-refractivity contribution >= 4 is 45.8 Å². The topological polar surface area (TPSA) is 91.3 Å². The fraction of sp³-hybridized carbons (Fsp3) is 0. The Morgan fingerprint density at radius 2 is 2.05 bits per heavy atom. The average molecular weight is 298 g/mol. The van der Waals surface area contributed by atoms with Crippen molar-refractivity contribution in [3.05, 3.63) is 40.4 Å². The van der Waals surface area contributed by atoms with Gasteiger partial charge < -0.3 is 10.4 Å². The summed E-state index contributed by atoms with van der Waals surface area (Å²) < 4.78 is 0. The quantitative estimate of drug-likeness (QED) is 0.811. The Kier molecular flexibility index (Phi) is 3.98. The molecule has 6 nitrogen and oxygen atoms in total. The predicted molar refractivity (Wildman–Crippen MR) is 73.2 cm³/mol. The molecule has 0 unspecified atom stereocenters. The molecule has 1 heterocycles. The first-order chi connectivity index (χ1) is 9.04. The van der Waals surface area contributed by atoms with E-state index in [0.29, 0.717) is 10.8 Å². The van der Waals surface area contributed by atoms with Gasteiger partial charge in [0.05, 0.1) is 5.56 Å². The number of thiazole rings is 1. The van der Waals surface area contributed by atoms with Crippen molar-refractivity contribution in [1.82, 2.24) is 4.98 Å². The first kappa shape index (κ1) is 13.3. The van der Waals surface area contributed by atoms with Gasteiger partial charge in [-0.15, -0.1) is 11.3 Å². The van der Waals surface area contributed by atoms with Crippen LogP contribution in [0.1, 0.15) is 10.4 Å². The number of hydrogen-bond acceptors (Lipinski definition) is 4. The first-order valence-corrected chi connectivity index (χ1v) is 6.32. The van der Waals surface area contributed by atoms with Gasteiger partial charge in [-0.1, -0.05) is 11.6 Å². The molecule has 0 saturated carbocycles. The van der Waals surface area contributed by atoms with E-state index >= 15 is 0 Å². The van der Waals surface area contributed by atoms with Crippen LogP contribution in [0.15, 0.2) is 29.8 Å². The molecule has 0 aliphatic heterocycles. The number of amides is 2. The molecule has 2 amide bonds. The maximum Gasteiger partial charge on any atom is 0.335 e. The molecule has 19 heavy (non-hydrogen) atoms. The second kappa shape index (κ2) is 5.68. The molecule has 8 heteroatoms. The van der Waals surface area contributed by atoms with Crippen molar-refractivity contribution < 1.29 is 14.7 Å². The number of rotatable bonds is 3. The van der Waals surface area contributed by atoms with E-state index in [2.05, 4.69) is 15.6 Å². The number of aromatic nitrogens is 1. The van der Waals surface area contributed by atoms with Crippen LogP contribution >= 0.6 is 22.9 Å². The van der Waals surface area contributed by atoms with Crippen LogP contribution in [0.5, 0.6) is 0 Å². The molecule has 98 valence electrons. The van der Waals surface area contributed by atoms with E-state index in [9.17, 15) is 9.59 Å². The fourth-order valence-corrected chi connectivity index (χ4v) is 2.09. The molecule has 2 aromatic rings. The van der Waals surface area contributed by atoms with Gasteiger partial charge in [0, 0.05) is 22.3 Å². The fourth-order valence-electron chi connectivity index (χ4n) is 1.33. The molecule has 0 aliphatic carbocycles. The smallest absolute Gasteiger partial charge is 0.335 e. The van der Waals surface area contributed by atoms with E-state index in [1.165, 1.54) is 29.5 Å². The number of hydrogen-bond donors (Lipinski definition) is 3. The van der Waals surface area contributed by atoms with Crippen LogP contribution in [-0.2, 0) is 0 Å². The second-order valence-corrected chi connectivity index (χ2v) is 4.78. The Morgan fingerprint density at radius 1 is 1.26 bits per heavy atom. The van der Waals surface area contributed by atoms with Gasteiger partial charge in [-0.3, -0.25) is 5.32 Å². The zero-order valence-corrected chi connectivity index (χ0v) is 11.0. The average Bonchev–Trinajstić information content (AvgIpc) is 2.80. The standard InChI is InChI=1S/C11H8ClN3O3S/c12-7-3-6(9(16)17)4-8(5-7)14-10(18)15-11-13-1-2-19-11/h1-5H,(H,16,17)(H2,13,14,15,18). The summed E-state index contributed by atoms with van der Waals surface area (Å²) in [5.41, 5.74) is 0.288. The molecule has 1 aromatic heterocycles. The van der Waals surface area contributed by atoms with Gasteiger partial charge in [0.25, 0.3) is 0 Å². The highest BCUT2D eigenvalue weighted by Crippen LogP contribution is 2.19. The molecule has 0 radical (unpaired) electrons. The van der Waals surface area contributed by atoms with E-state index in [0.717, 1.165) is 0 Å². The zero-order chi connectivity index (χ0) is 13.8. The van der Waals surface area contributed by atoms with Crippen LogP contribution < -0.4 is 10.6 Å². The molecule has 3 N–H and O–H groups in total. The van der Waals surface area contributed by atoms with Gasteiger partial charge in [-0.05, 0) is 18.2 Å². The molecule has 2 rings (SSSR count). The lowest BCUT2D eigenvalue weighted by Crippen LogP contribution is -2.19. The van der Waals surface area contributed by atoms with Crippen LogP contribution in [-0.4, -0.2) is 22.1 Å². The van der Waals surface area contributed by atoms with Crippen LogP contribution in [0.25, 0.3) is 0 Å². The number of anilines is 2. The minimum Gasteiger partial charge on any atom is -0.478 e. The molecule has 0 fully saturated rings. The van der Waals surface area contributed by atoms with Crippen molar-refractivity contribution in [3.8, 4) is 0 Å². The molecule has 0 atom stereocenters. The van der Waals surface area contributed by atoms with Gasteiger partial charge in [-0.25, -0.2) is 14.6 Å². The highest BCUT2D eigenvalue weighted by atomic mass is 35.5. The van der Waals surface area contributed by atoms with E-state index in [4.69, 9.17) is 16.7 Å². The number of carboxylic acids is 1. The minimum atomic E-state index is -1.12. The molecular weight excluding hydrogens is 290 g/mol. The summed E-state index contributed by atoms with van der Waals surface area (Å²) in [5.74, 6) is -1.12. The second-order valence-electron chi connectivity index (χ2n) is 3.45. The lowest BCUT2D eigenvalue weighted by Gasteiger charge is -2.07. The Balaban J connectivity index is 2.10. The maximum atomic E-state index is 11.6. The van der Waals surface area contributed by atoms with Crippen molar-refractivity contribution in [2.75, 3.05) is 10.6 Å². The monoisotopic (exact) mass is 297 g/mol. The molecule has 0 bridgehead atoms. The summed E-state index contributed by atoms with van der Waals surface area (Å²) in [6, 6.07) is 3.55. The number of benzene rings is 1. The van der Waals surface area contributed by atoms with Gasteiger partial charge in [0.1, 0.15) is 0 Å². The molecular formula is C11H8ClN3O3S. The minimum absolute atomic E-state index is 0.00273. The summed E-state index contributed by atoms with van der Waals surface area (Å²) in [7, 11) is 0. The summed E-state index contributed by atoms with van der Waals surface area (Å²) in [6.07, 6.45) is 1.56. The first-order valence-electron chi connectivity index (χ1n) is 5.06. The predicted octanol–water partition coefficient (Wildman–Crippen LogP) is 3.14. The summed E-state index contributed by atoms with van der Waals surface area (Å²) >= 11 is 7.04. The summed E-state index contributed by atoms with van der Waals surface area (Å²) in [6.45, 7) is 0. The molecule has 0 spiro atoms. The number of carbonyl (C=O) groups excluding carboxylic acids is 1. The molecule has 0 aliphatic rings. The summed E-state index contributed by atoms with van der Waals surface area (Å²) in [5, 5.41) is 16.3. The zero-order valence-electron chi connectivity index (χ0n) is 9.38. The highest BCUT2D eigenvalue weighted by Gasteiger charge is 2.09. The van der Waals surface area contributed by atoms with Gasteiger partial charge in [0.15, 0.2) is 5.13 Å². The lowest BCUT2D eigenvalue weighted by atomic mass is 10.2. The van der Waals surface area contributed by atoms with E-state index < -0.39 is 12.0 Å². The van der Waals surface area contributed by atoms with E-state index in [1.54, 1.807) is 11.6 Å². The number of nitrogens with zero attached hydrogens (tertiary/aromatic N) is 1. The Labute approximate surface area is 117 Å². The SMILES string of the molecule is O=C(Nc1cc(Cl)cc(C(=O)O)c1)Nc1nccs1. The third-order valence-electron chi connectivity index (χ3n) is 2.06. The number of aromatic carboxylic acids is 1. The van der Waals surface area contributed by atoms with Gasteiger partial charge in [-0.2, -0.15) is 0 Å². The highest BCUT2D eigenvalue weighted by molar-refractivity contribution is 7.13. The third-order valence-corrected chi connectivity index (χ3v) is 2.96. The van der Waals surface area contributed by atoms with Crippen LogP contribution in [0.2, 0.25) is 5.02 Å². The van der Waals surface area contributed by atoms with Gasteiger partial charge in [0.2, 0.25) is 0 Å². The number of urea groups is 1. The maximum absolute atomic E-state index is 11.6. The number of carbonyl (C=O) groups is 2. The Morgan fingerprint density at radius 3 is 2.68 bits per heavy atom. The van der Waals surface area contributed by atoms with Crippen molar-refractivity contribution in [3.63, 3.8) is 0 Å². The lowest BCUT2D eigenvalue weighted by molar-refractivity contribution is 0.0697. The Bertz CT molecular complexity index is 616. The van der Waals surface area contributed by atoms with E-state index in [1.807, 2.05) is 0 Å². The van der Waals surface area contributed by atoms with Crippen LogP contribution in [0.4, 0.5) is 15.6 Å².